The lowest BCUT2D eigenvalue weighted by Crippen LogP contribution is -2.09. The van der Waals surface area contributed by atoms with Crippen LogP contribution >= 0.6 is 0 Å². The molecule has 0 aliphatic heterocycles. The smallest absolute Gasteiger partial charge is 0.219 e. The highest BCUT2D eigenvalue weighted by Gasteiger charge is 2.19. The number of halogens is 1. The van der Waals surface area contributed by atoms with Crippen molar-refractivity contribution in [3.05, 3.63) is 312 Å². The molecule has 0 spiro atoms. The fourth-order valence-corrected chi connectivity index (χ4v) is 9.41. The maximum atomic E-state index is 12.9. The summed E-state index contributed by atoms with van der Waals surface area (Å²) >= 11 is 0. The molecule has 0 aliphatic carbocycles. The van der Waals surface area contributed by atoms with Crippen LogP contribution in [0.15, 0.2) is 261 Å². The van der Waals surface area contributed by atoms with E-state index in [4.69, 9.17) is 25.5 Å². The first kappa shape index (κ1) is 72.7. The zero-order valence-electron chi connectivity index (χ0n) is 55.8. The number of ether oxygens (including phenoxy) is 4. The highest BCUT2D eigenvalue weighted by Crippen LogP contribution is 2.32. The zero-order chi connectivity index (χ0) is 72.0. The molecule has 0 bridgehead atoms. The summed E-state index contributed by atoms with van der Waals surface area (Å²) in [4.78, 5) is 70.3. The van der Waals surface area contributed by atoms with Gasteiger partial charge in [0.05, 0.1) is 52.1 Å². The van der Waals surface area contributed by atoms with E-state index in [0.29, 0.717) is 85.9 Å². The Morgan fingerprint density at radius 1 is 0.347 bits per heavy atom. The van der Waals surface area contributed by atoms with Gasteiger partial charge in [0.2, 0.25) is 5.88 Å². The number of aliphatic hydroxyl groups is 4. The van der Waals surface area contributed by atoms with Gasteiger partial charge in [0, 0.05) is 34.5 Å². The van der Waals surface area contributed by atoms with Crippen LogP contribution in [0.3, 0.4) is 0 Å². The van der Waals surface area contributed by atoms with Crippen molar-refractivity contribution in [2.24, 2.45) is 0 Å². The van der Waals surface area contributed by atoms with E-state index in [1.165, 1.54) is 45.4 Å². The van der Waals surface area contributed by atoms with Crippen LogP contribution in [0.25, 0.3) is 49.9 Å². The molecule has 0 saturated carbocycles. The molecule has 0 saturated heterocycles. The monoisotopic (exact) mass is 1350 g/mol. The molecular formula is C82H69FN6O12. The first-order chi connectivity index (χ1) is 48.6. The normalized spacial score (nSPS) is 11.7. The highest BCUT2D eigenvalue weighted by atomic mass is 19.1. The van der Waals surface area contributed by atoms with Crippen molar-refractivity contribution >= 4 is 28.8 Å². The van der Waals surface area contributed by atoms with Crippen molar-refractivity contribution in [1.29, 1.82) is 0 Å². The quantitative estimate of drug-likeness (QED) is 0.0517. The van der Waals surface area contributed by atoms with Crippen LogP contribution in [0.5, 0.6) is 46.1 Å². The molecule has 0 fully saturated rings. The predicted octanol–water partition coefficient (Wildman–Crippen LogP) is 17.4. The third kappa shape index (κ3) is 21.2. The van der Waals surface area contributed by atoms with Gasteiger partial charge >= 0.3 is 0 Å². The Balaban J connectivity index is 0.000000157. The van der Waals surface area contributed by atoms with Crippen LogP contribution in [0, 0.1) is 26.2 Å². The van der Waals surface area contributed by atoms with E-state index in [0.717, 1.165) is 39.3 Å². The largest absolute Gasteiger partial charge is 0.457 e. The highest BCUT2D eigenvalue weighted by molar-refractivity contribution is 5.83. The predicted molar refractivity (Wildman–Crippen MR) is 381 cm³/mol. The number of rotatable bonds is 20. The van der Waals surface area contributed by atoms with Crippen LogP contribution in [0.1, 0.15) is 86.0 Å². The topological polar surface area (TPSA) is 255 Å². The summed E-state index contributed by atoms with van der Waals surface area (Å²) in [6, 6.07) is 74.6. The van der Waals surface area contributed by atoms with E-state index < -0.39 is 24.4 Å². The maximum Gasteiger partial charge on any atom is 0.219 e. The van der Waals surface area contributed by atoms with E-state index in [1.807, 2.05) is 153 Å². The van der Waals surface area contributed by atoms with Crippen molar-refractivity contribution in [1.82, 2.24) is 24.9 Å². The summed E-state index contributed by atoms with van der Waals surface area (Å²) in [6.45, 7) is 16.3. The van der Waals surface area contributed by atoms with Crippen LogP contribution in [0.2, 0.25) is 0 Å². The second-order valence-electron chi connectivity index (χ2n) is 22.9. The molecule has 12 rings (SSSR count). The molecule has 0 aliphatic rings. The molecule has 0 amide bonds. The van der Waals surface area contributed by atoms with Crippen LogP contribution in [0.4, 0.5) is 10.1 Å². The molecule has 4 N–H and O–H groups in total. The summed E-state index contributed by atoms with van der Waals surface area (Å²) in [6.07, 6.45) is -3.07. The Labute approximate surface area is 583 Å². The molecular weight excluding hydrogens is 1280 g/mol. The molecule has 12 aromatic rings. The zero-order valence-corrected chi connectivity index (χ0v) is 55.8. The van der Waals surface area contributed by atoms with Crippen molar-refractivity contribution in [2.75, 3.05) is 0 Å². The summed E-state index contributed by atoms with van der Waals surface area (Å²) < 4.78 is 35.8. The van der Waals surface area contributed by atoms with Gasteiger partial charge in [-0.2, -0.15) is 0 Å². The molecule has 0 radical (unpaired) electrons. The van der Waals surface area contributed by atoms with Gasteiger partial charge in [-0.25, -0.2) is 34.2 Å². The lowest BCUT2D eigenvalue weighted by molar-refractivity contribution is -0.126. The number of Topliss-reactive ketones (excluding diaryl/α,β-unsaturated/α-hetero) is 4. The average Bonchev–Trinajstić information content (AvgIpc) is 0.857. The number of hydrogen-bond donors (Lipinski definition) is 4. The third-order valence-electron chi connectivity index (χ3n) is 15.0. The minimum absolute atomic E-state index is 0.316. The first-order valence-corrected chi connectivity index (χ1v) is 31.6. The van der Waals surface area contributed by atoms with Crippen molar-refractivity contribution in [2.45, 2.75) is 66.0 Å². The Bertz CT molecular complexity index is 4450. The number of aryl methyl sites for hydroxylation is 2. The number of aliphatic hydroxyl groups excluding tert-OH is 4. The van der Waals surface area contributed by atoms with Gasteiger partial charge in [-0.15, -0.1) is 0 Å². The molecule has 7 aromatic carbocycles. The number of hydrogen-bond acceptors (Lipinski definition) is 17. The van der Waals surface area contributed by atoms with Gasteiger partial charge in [-0.3, -0.25) is 19.2 Å². The summed E-state index contributed by atoms with van der Waals surface area (Å²) in [5.74, 6) is 3.48. The number of benzene rings is 7. The Morgan fingerprint density at radius 2 is 0.604 bits per heavy atom. The lowest BCUT2D eigenvalue weighted by atomic mass is 10.1. The Kier molecular flexibility index (Phi) is 25.3. The van der Waals surface area contributed by atoms with Gasteiger partial charge in [0.25, 0.3) is 0 Å². The molecule has 18 nitrogen and oxygen atoms in total. The minimum Gasteiger partial charge on any atom is -0.457 e. The molecule has 5 aromatic heterocycles. The van der Waals surface area contributed by atoms with E-state index >= 15 is 0 Å². The Morgan fingerprint density at radius 3 is 0.871 bits per heavy atom. The number of ketones is 4. The van der Waals surface area contributed by atoms with Crippen molar-refractivity contribution in [3.63, 3.8) is 0 Å². The third-order valence-corrected chi connectivity index (χ3v) is 15.0. The molecule has 4 atom stereocenters. The van der Waals surface area contributed by atoms with Gasteiger partial charge in [-0.1, -0.05) is 60.2 Å². The molecule has 0 unspecified atom stereocenters. The second-order valence-corrected chi connectivity index (χ2v) is 22.9. The SMILES string of the molecule is CC(=O)[C@@H](O)c1cccc(-c2ccc(Oc3ccc(C)cc3)cc2)n1.CC(=O)[C@@H](O)c1cccc(-c2ccc(Oc3ccc(C)cn3)cc2)n1.CC(=O)[C@@H](O)c1cccc(-c2ccc(Oc3ccc(F)cc3)cc2)n1.[C-]#[N+]c1ccc(Oc2ccc(-c3cccc([C@H](O)C(C)=O)n3)cc2)cc1. The number of pyridine rings is 5. The summed E-state index contributed by atoms with van der Waals surface area (Å²) in [7, 11) is 0. The average molecular weight is 1350 g/mol. The van der Waals surface area contributed by atoms with Gasteiger partial charge in [-0.05, 0) is 241 Å². The van der Waals surface area contributed by atoms with Crippen LogP contribution < -0.4 is 18.9 Å². The first-order valence-electron chi connectivity index (χ1n) is 31.6. The Hall–Kier alpha value is -12.6. The van der Waals surface area contributed by atoms with E-state index in [-0.39, 0.29) is 29.0 Å². The fourth-order valence-electron chi connectivity index (χ4n) is 9.41. The number of carbonyl (C=O) groups excluding carboxylic acids is 4. The molecule has 5 heterocycles. The van der Waals surface area contributed by atoms with Gasteiger partial charge in [0.1, 0.15) is 46.1 Å². The fraction of sp³-hybridized carbons (Fsp3) is 0.122. The van der Waals surface area contributed by atoms with Crippen molar-refractivity contribution < 1.29 is 62.9 Å². The molecule has 19 heteroatoms. The van der Waals surface area contributed by atoms with Crippen LogP contribution in [-0.2, 0) is 19.2 Å². The lowest BCUT2D eigenvalue weighted by Gasteiger charge is -2.09. The number of nitrogens with zero attached hydrogens (tertiary/aromatic N) is 6. The van der Waals surface area contributed by atoms with E-state index in [9.17, 15) is 44.0 Å². The number of aromatic nitrogens is 5. The molecule has 506 valence electrons. The summed E-state index contributed by atoms with van der Waals surface area (Å²) in [5, 5.41) is 39.4. The second kappa shape index (κ2) is 35.1. The maximum absolute atomic E-state index is 12.9. The van der Waals surface area contributed by atoms with Gasteiger partial charge in [0.15, 0.2) is 53.2 Å². The van der Waals surface area contributed by atoms with E-state index in [2.05, 4.69) is 29.8 Å². The molecule has 101 heavy (non-hydrogen) atoms. The van der Waals surface area contributed by atoms with Crippen LogP contribution in [-0.4, -0.2) is 68.5 Å². The summed E-state index contributed by atoms with van der Waals surface area (Å²) in [5.41, 5.74) is 10.2. The van der Waals surface area contributed by atoms with Gasteiger partial charge < -0.3 is 39.4 Å². The minimum atomic E-state index is -1.22. The van der Waals surface area contributed by atoms with E-state index in [1.54, 1.807) is 109 Å². The standard InChI is InChI=1S/C21H16N2O3.C21H19NO3.C20H16FNO3.C20H18N2O3/c1-14(24)21(25)20-5-3-4-19(23-20)15-6-10-17(11-7-15)26-18-12-8-16(22-2)9-13-18;1-14-6-10-17(11-7-14)25-18-12-8-16(9-13-18)19-4-3-5-20(22-19)21(24)15(2)23;1-13(23)20(24)19-4-2-3-18(22-19)14-5-9-16(10-6-14)25-17-11-7-15(21)8-12-17;1-13-6-11-19(21-12-13)25-16-9-7-15(8-10-16)17-4-3-5-18(22-17)20(24)14(2)23/h3-13,21,25H,1H3;3-13,21,24H,1-2H3;2-12,20,24H,1H3;3-12,20,24H,1-2H3/t2*21-;2*20-/m1111/s1. The van der Waals surface area contributed by atoms with Crippen molar-refractivity contribution in [3.8, 4) is 91.2 Å². The number of carbonyl (C=O) groups is 4.